The van der Waals surface area contributed by atoms with E-state index < -0.39 is 30.1 Å². The molecule has 0 radical (unpaired) electrons. The van der Waals surface area contributed by atoms with Crippen molar-refractivity contribution in [3.05, 3.63) is 35.9 Å². The second-order valence-electron chi connectivity index (χ2n) is 15.6. The molecule has 2 fully saturated rings. The Morgan fingerprint density at radius 3 is 2.39 bits per heavy atom. The fourth-order valence-corrected chi connectivity index (χ4v) is 8.16. The highest BCUT2D eigenvalue weighted by Gasteiger charge is 2.35. The van der Waals surface area contributed by atoms with Gasteiger partial charge >= 0.3 is 0 Å². The fraction of sp³-hybridized carbons (Fsp3) is 0.738. The Labute approximate surface area is 339 Å². The van der Waals surface area contributed by atoms with Gasteiger partial charge in [0.2, 0.25) is 17.7 Å². The van der Waals surface area contributed by atoms with Crippen molar-refractivity contribution in [2.75, 3.05) is 46.3 Å². The van der Waals surface area contributed by atoms with Gasteiger partial charge in [0.05, 0.1) is 36.9 Å². The number of nitrogens with zero attached hydrogens (tertiary/aromatic N) is 3. The quantitative estimate of drug-likeness (QED) is 0.0260. The van der Waals surface area contributed by atoms with Gasteiger partial charge in [-0.2, -0.15) is 5.26 Å². The Morgan fingerprint density at radius 1 is 1.05 bits per heavy atom. The lowest BCUT2D eigenvalue weighted by Crippen LogP contribution is -2.58. The van der Waals surface area contributed by atoms with E-state index in [0.29, 0.717) is 56.5 Å². The zero-order valence-electron chi connectivity index (χ0n) is 34.5. The average Bonchev–Trinajstić information content (AvgIpc) is 3.21. The minimum absolute atomic E-state index is 0.0328. The Bertz CT molecular complexity index is 1360. The van der Waals surface area contributed by atoms with Gasteiger partial charge in [0, 0.05) is 32.7 Å². The maximum atomic E-state index is 14.4. The number of amides is 3. The summed E-state index contributed by atoms with van der Waals surface area (Å²) in [4.78, 5) is 48.3. The van der Waals surface area contributed by atoms with E-state index >= 15 is 0 Å². The lowest BCUT2D eigenvalue weighted by atomic mass is 9.81. The Kier molecular flexibility index (Phi) is 22.4. The van der Waals surface area contributed by atoms with Gasteiger partial charge in [0.15, 0.2) is 11.4 Å². The molecule has 1 aromatic rings. The van der Waals surface area contributed by atoms with Gasteiger partial charge in [0.25, 0.3) is 0 Å². The fourth-order valence-electron chi connectivity index (χ4n) is 7.79. The van der Waals surface area contributed by atoms with Crippen LogP contribution < -0.4 is 21.3 Å². The summed E-state index contributed by atoms with van der Waals surface area (Å²) in [5, 5.41) is 33.5. The van der Waals surface area contributed by atoms with Crippen LogP contribution in [0.25, 0.3) is 0 Å². The number of likely N-dealkylation sites (tertiary alicyclic amines) is 1. The molecule has 1 aliphatic carbocycles. The van der Waals surface area contributed by atoms with Gasteiger partial charge < -0.3 is 30.1 Å². The molecular weight excluding hydrogens is 731 g/mol. The monoisotopic (exact) mass is 800 g/mol. The van der Waals surface area contributed by atoms with E-state index in [1.807, 2.05) is 61.5 Å². The third-order valence-corrected chi connectivity index (χ3v) is 11.7. The van der Waals surface area contributed by atoms with Gasteiger partial charge in [-0.1, -0.05) is 108 Å². The van der Waals surface area contributed by atoms with E-state index in [-0.39, 0.29) is 43.0 Å². The van der Waals surface area contributed by atoms with Crippen LogP contribution in [0.2, 0.25) is 0 Å². The highest BCUT2D eigenvalue weighted by Crippen LogP contribution is 2.30. The second kappa shape index (κ2) is 26.7. The Hall–Kier alpha value is -3.22. The van der Waals surface area contributed by atoms with Crippen LogP contribution in [0.3, 0.4) is 0 Å². The zero-order chi connectivity index (χ0) is 40.7. The summed E-state index contributed by atoms with van der Waals surface area (Å²) >= 11 is 1.32. The van der Waals surface area contributed by atoms with Crippen molar-refractivity contribution in [2.24, 2.45) is 22.7 Å². The van der Waals surface area contributed by atoms with Crippen LogP contribution in [0.1, 0.15) is 103 Å². The molecule has 56 heavy (non-hydrogen) atoms. The van der Waals surface area contributed by atoms with Crippen LogP contribution in [0.5, 0.6) is 0 Å². The van der Waals surface area contributed by atoms with Crippen LogP contribution >= 0.6 is 11.8 Å². The zero-order valence-corrected chi connectivity index (χ0v) is 35.3. The number of aliphatic hydroxyl groups excluding tert-OH is 1. The van der Waals surface area contributed by atoms with Crippen LogP contribution in [-0.4, -0.2) is 110 Å². The van der Waals surface area contributed by atoms with Crippen molar-refractivity contribution in [3.8, 4) is 6.19 Å². The number of aliphatic imine (C=N–C) groups is 1. The first kappa shape index (κ1) is 47.2. The molecule has 0 spiro atoms. The standard InChI is InChI=1S/C42H69N7O6S/c1-6-7-18-35(47-37(26-32-16-12-9-13-17-32)41(53)49-23-19-33(20-24-49)55-29-54-4)40(52)48-36(25-31-14-10-8-11-15-31)38(50)27-34(30(2)3)39(51)44-21-22-45-42(56-5)46-28-43/h9,12-13,16-17,30-31,33-38,47,50H,6-8,10-11,14-15,18-27,29H2,1-5H3,(H,44,51)(H,45,46)(H,48,52)/t34-,35-,36-,37-,38-/m0/s1. The molecule has 14 heteroatoms. The average molecular weight is 800 g/mol. The van der Waals surface area contributed by atoms with Gasteiger partial charge in [-0.25, -0.2) is 0 Å². The van der Waals surface area contributed by atoms with E-state index in [1.165, 1.54) is 18.2 Å². The van der Waals surface area contributed by atoms with Gasteiger partial charge in [-0.15, -0.1) is 0 Å². The van der Waals surface area contributed by atoms with Gasteiger partial charge in [-0.05, 0) is 62.2 Å². The number of thioether (sulfide) groups is 1. The van der Waals surface area contributed by atoms with Crippen molar-refractivity contribution in [2.45, 2.75) is 135 Å². The molecule has 13 nitrogen and oxygen atoms in total. The Morgan fingerprint density at radius 2 is 1.77 bits per heavy atom. The number of amidine groups is 1. The molecule has 1 saturated heterocycles. The van der Waals surface area contributed by atoms with Gasteiger partial charge in [0.1, 0.15) is 6.79 Å². The summed E-state index contributed by atoms with van der Waals surface area (Å²) in [6, 6.07) is 8.06. The number of benzene rings is 1. The summed E-state index contributed by atoms with van der Waals surface area (Å²) in [6.07, 6.45) is 13.2. The molecule has 0 unspecified atom stereocenters. The number of methoxy groups -OCH3 is 1. The normalized spacial score (nSPS) is 18.4. The third kappa shape index (κ3) is 16.7. The summed E-state index contributed by atoms with van der Waals surface area (Å²) < 4.78 is 10.9. The van der Waals surface area contributed by atoms with E-state index in [9.17, 15) is 19.5 Å². The summed E-state index contributed by atoms with van der Waals surface area (Å²) in [7, 11) is 1.60. The molecule has 0 aromatic heterocycles. The van der Waals surface area contributed by atoms with E-state index in [0.717, 1.165) is 56.9 Å². The molecule has 314 valence electrons. The Balaban J connectivity index is 1.79. The number of hydrogen-bond donors (Lipinski definition) is 5. The predicted molar refractivity (Wildman–Crippen MR) is 223 cm³/mol. The minimum Gasteiger partial charge on any atom is -0.391 e. The molecule has 3 rings (SSSR count). The van der Waals surface area contributed by atoms with Crippen LogP contribution in [-0.2, 0) is 30.3 Å². The number of nitrogens with one attached hydrogen (secondary N) is 4. The van der Waals surface area contributed by atoms with Gasteiger partial charge in [-0.3, -0.25) is 30.0 Å². The maximum Gasteiger partial charge on any atom is 0.240 e. The molecule has 5 atom stereocenters. The molecule has 1 aromatic carbocycles. The van der Waals surface area contributed by atoms with Crippen LogP contribution in [0, 0.1) is 29.2 Å². The van der Waals surface area contributed by atoms with E-state index in [1.54, 1.807) is 7.11 Å². The topological polar surface area (TPSA) is 177 Å². The van der Waals surface area contributed by atoms with Crippen molar-refractivity contribution in [3.63, 3.8) is 0 Å². The maximum absolute atomic E-state index is 14.4. The van der Waals surface area contributed by atoms with Crippen LogP contribution in [0.15, 0.2) is 35.3 Å². The summed E-state index contributed by atoms with van der Waals surface area (Å²) in [5.41, 5.74) is 1.00. The largest absolute Gasteiger partial charge is 0.391 e. The van der Waals surface area contributed by atoms with Crippen molar-refractivity contribution < 1.29 is 29.0 Å². The molecule has 5 N–H and O–H groups in total. The lowest BCUT2D eigenvalue weighted by molar-refractivity contribution is -0.139. The number of hydrogen-bond acceptors (Lipinski definition) is 10. The number of aliphatic hydroxyl groups is 1. The molecule has 0 bridgehead atoms. The summed E-state index contributed by atoms with van der Waals surface area (Å²) in [5.74, 6) is -0.602. The minimum atomic E-state index is -0.949. The van der Waals surface area contributed by atoms with Crippen molar-refractivity contribution in [1.29, 1.82) is 5.26 Å². The number of unbranched alkanes of at least 4 members (excludes halogenated alkanes) is 1. The molecule has 3 amide bonds. The van der Waals surface area contributed by atoms with E-state index in [4.69, 9.17) is 14.7 Å². The number of nitriles is 1. The molecule has 1 saturated carbocycles. The highest BCUT2D eigenvalue weighted by atomic mass is 32.2. The first-order valence-corrected chi connectivity index (χ1v) is 22.0. The first-order chi connectivity index (χ1) is 27.1. The third-order valence-electron chi connectivity index (χ3n) is 11.1. The second-order valence-corrected chi connectivity index (χ2v) is 16.4. The number of rotatable bonds is 23. The molecule has 1 aliphatic heterocycles. The number of ether oxygens (including phenoxy) is 2. The SMILES string of the molecule is CCCC[C@H](N[C@@H](Cc1ccccc1)C(=O)N1CCC(OCOC)CC1)C(=O)N[C@@H](CC1CCCCC1)[C@@H](O)C[C@H](C(=O)NCCN=C(NC#N)SC)C(C)C. The van der Waals surface area contributed by atoms with Crippen molar-refractivity contribution in [1.82, 2.24) is 26.2 Å². The summed E-state index contributed by atoms with van der Waals surface area (Å²) in [6.45, 7) is 7.99. The number of carbonyl (C=O) groups is 3. The van der Waals surface area contributed by atoms with Crippen LogP contribution in [0.4, 0.5) is 0 Å². The molecule has 1 heterocycles. The number of carbonyl (C=O) groups excluding carboxylic acids is 3. The number of piperidine rings is 1. The predicted octanol–water partition coefficient (Wildman–Crippen LogP) is 4.74. The molecule has 2 aliphatic rings. The lowest BCUT2D eigenvalue weighted by Gasteiger charge is -2.36. The van der Waals surface area contributed by atoms with E-state index in [2.05, 4.69) is 33.2 Å². The first-order valence-electron chi connectivity index (χ1n) is 20.8. The molecular formula is C42H69N7O6S. The smallest absolute Gasteiger partial charge is 0.240 e. The highest BCUT2D eigenvalue weighted by molar-refractivity contribution is 8.13. The van der Waals surface area contributed by atoms with Crippen molar-refractivity contribution >= 4 is 34.7 Å².